The van der Waals surface area contributed by atoms with Crippen LogP contribution in [0.3, 0.4) is 0 Å². The molecule has 0 atom stereocenters. The molecule has 3 rings (SSSR count). The molecular weight excluding hydrogens is 412 g/mol. The highest BCUT2D eigenvalue weighted by atomic mass is 79.9. The summed E-state index contributed by atoms with van der Waals surface area (Å²) in [5, 5.41) is 5.94. The molecule has 0 aliphatic rings. The summed E-state index contributed by atoms with van der Waals surface area (Å²) < 4.78 is 6.84. The van der Waals surface area contributed by atoms with Crippen LogP contribution in [0.5, 0.6) is 0 Å². The maximum absolute atomic E-state index is 12.2. The van der Waals surface area contributed by atoms with Crippen molar-refractivity contribution in [1.29, 1.82) is 0 Å². The number of aryl methyl sites for hydroxylation is 1. The first-order chi connectivity index (χ1) is 12.5. The van der Waals surface area contributed by atoms with Crippen LogP contribution in [-0.2, 0) is 6.54 Å². The molecule has 0 spiro atoms. The van der Waals surface area contributed by atoms with E-state index < -0.39 is 0 Å². The van der Waals surface area contributed by atoms with Gasteiger partial charge in [-0.15, -0.1) is 0 Å². The molecular formula is C20H17BrN2O2S. The minimum absolute atomic E-state index is 0.226. The summed E-state index contributed by atoms with van der Waals surface area (Å²) in [4.78, 5) is 12.2. The number of hydrogen-bond donors (Lipinski definition) is 2. The largest absolute Gasteiger partial charge is 0.459 e. The molecule has 6 heteroatoms. The minimum atomic E-state index is -0.226. The van der Waals surface area contributed by atoms with Crippen molar-refractivity contribution in [2.75, 3.05) is 0 Å². The van der Waals surface area contributed by atoms with Crippen LogP contribution in [0.2, 0.25) is 0 Å². The lowest BCUT2D eigenvalue weighted by Gasteiger charge is -2.09. The van der Waals surface area contributed by atoms with Gasteiger partial charge in [0.05, 0.1) is 6.54 Å². The fourth-order valence-corrected chi connectivity index (χ4v) is 2.88. The zero-order chi connectivity index (χ0) is 18.5. The Hall–Kier alpha value is -2.44. The number of carbonyl (C=O) groups excluding carboxylic acids is 1. The van der Waals surface area contributed by atoms with Gasteiger partial charge in [0.1, 0.15) is 11.5 Å². The predicted molar refractivity (Wildman–Crippen MR) is 110 cm³/mol. The predicted octanol–water partition coefficient (Wildman–Crippen LogP) is 4.82. The van der Waals surface area contributed by atoms with E-state index in [1.807, 2.05) is 61.5 Å². The lowest BCUT2D eigenvalue weighted by molar-refractivity contribution is 0.0976. The number of thiocarbonyl (C=S) groups is 1. The zero-order valence-corrected chi connectivity index (χ0v) is 16.5. The van der Waals surface area contributed by atoms with Crippen molar-refractivity contribution in [2.24, 2.45) is 0 Å². The molecule has 0 fully saturated rings. The number of rotatable bonds is 4. The van der Waals surface area contributed by atoms with Crippen LogP contribution >= 0.6 is 28.1 Å². The van der Waals surface area contributed by atoms with Gasteiger partial charge in [-0.1, -0.05) is 46.3 Å². The SMILES string of the molecule is Cc1ccccc1C(=O)NC(=S)NCc1ccc(-c2ccc(Br)cc2)o1. The number of carbonyl (C=O) groups is 1. The lowest BCUT2D eigenvalue weighted by atomic mass is 10.1. The summed E-state index contributed by atoms with van der Waals surface area (Å²) >= 11 is 8.61. The first kappa shape index (κ1) is 18.4. The Morgan fingerprint density at radius 3 is 2.54 bits per heavy atom. The Labute approximate surface area is 165 Å². The van der Waals surface area contributed by atoms with Gasteiger partial charge in [-0.05, 0) is 55.0 Å². The van der Waals surface area contributed by atoms with Crippen LogP contribution in [-0.4, -0.2) is 11.0 Å². The normalized spacial score (nSPS) is 10.4. The standard InChI is InChI=1S/C20H17BrN2O2S/c1-13-4-2-3-5-17(13)19(24)23-20(26)22-12-16-10-11-18(25-16)14-6-8-15(21)9-7-14/h2-11H,12H2,1H3,(H2,22,23,24,26). The van der Waals surface area contributed by atoms with Crippen LogP contribution < -0.4 is 10.6 Å². The van der Waals surface area contributed by atoms with E-state index in [0.717, 1.165) is 27.1 Å². The fourth-order valence-electron chi connectivity index (χ4n) is 2.45. The Kier molecular flexibility index (Phi) is 5.85. The van der Waals surface area contributed by atoms with E-state index in [0.29, 0.717) is 12.1 Å². The molecule has 0 aliphatic heterocycles. The minimum Gasteiger partial charge on any atom is -0.459 e. The lowest BCUT2D eigenvalue weighted by Crippen LogP contribution is -2.39. The third-order valence-electron chi connectivity index (χ3n) is 3.83. The molecule has 1 aromatic heterocycles. The van der Waals surface area contributed by atoms with Crippen molar-refractivity contribution in [2.45, 2.75) is 13.5 Å². The molecule has 3 aromatic rings. The number of nitrogens with one attached hydrogen (secondary N) is 2. The summed E-state index contributed by atoms with van der Waals surface area (Å²) in [5.74, 6) is 1.29. The molecule has 0 saturated heterocycles. The average molecular weight is 429 g/mol. The van der Waals surface area contributed by atoms with Gasteiger partial charge in [0.25, 0.3) is 5.91 Å². The molecule has 0 radical (unpaired) electrons. The summed E-state index contributed by atoms with van der Waals surface area (Å²) in [5.41, 5.74) is 2.50. The quantitative estimate of drug-likeness (QED) is 0.584. The Morgan fingerprint density at radius 2 is 1.81 bits per heavy atom. The maximum Gasteiger partial charge on any atom is 0.257 e. The number of benzene rings is 2. The molecule has 0 saturated carbocycles. The van der Waals surface area contributed by atoms with E-state index in [1.165, 1.54) is 0 Å². The fraction of sp³-hybridized carbons (Fsp3) is 0.100. The van der Waals surface area contributed by atoms with E-state index in [1.54, 1.807) is 6.07 Å². The first-order valence-corrected chi connectivity index (χ1v) is 9.22. The summed E-state index contributed by atoms with van der Waals surface area (Å²) in [6.45, 7) is 2.28. The number of halogens is 1. The smallest absolute Gasteiger partial charge is 0.257 e. The molecule has 0 unspecified atom stereocenters. The van der Waals surface area contributed by atoms with Gasteiger partial charge >= 0.3 is 0 Å². The third kappa shape index (κ3) is 4.59. The molecule has 0 bridgehead atoms. The van der Waals surface area contributed by atoms with Gasteiger partial charge in [0.15, 0.2) is 5.11 Å². The van der Waals surface area contributed by atoms with E-state index in [4.69, 9.17) is 16.6 Å². The maximum atomic E-state index is 12.2. The first-order valence-electron chi connectivity index (χ1n) is 8.02. The number of furan rings is 1. The van der Waals surface area contributed by atoms with Gasteiger partial charge < -0.3 is 9.73 Å². The van der Waals surface area contributed by atoms with Crippen LogP contribution in [0.15, 0.2) is 69.6 Å². The summed E-state index contributed by atoms with van der Waals surface area (Å²) in [6, 6.07) is 19.1. The van der Waals surface area contributed by atoms with Gasteiger partial charge in [-0.2, -0.15) is 0 Å². The Balaban J connectivity index is 1.56. The summed E-state index contributed by atoms with van der Waals surface area (Å²) in [7, 11) is 0. The van der Waals surface area contributed by atoms with Crippen molar-refractivity contribution < 1.29 is 9.21 Å². The highest BCUT2D eigenvalue weighted by Crippen LogP contribution is 2.23. The van der Waals surface area contributed by atoms with Crippen molar-refractivity contribution in [3.63, 3.8) is 0 Å². The molecule has 1 heterocycles. The van der Waals surface area contributed by atoms with Crippen molar-refractivity contribution in [3.05, 3.63) is 82.0 Å². The number of hydrogen-bond acceptors (Lipinski definition) is 3. The molecule has 2 N–H and O–H groups in total. The van der Waals surface area contributed by atoms with Crippen LogP contribution in [0.25, 0.3) is 11.3 Å². The highest BCUT2D eigenvalue weighted by Gasteiger charge is 2.10. The second-order valence-electron chi connectivity index (χ2n) is 5.72. The van der Waals surface area contributed by atoms with E-state index in [-0.39, 0.29) is 11.0 Å². The number of amides is 1. The van der Waals surface area contributed by atoms with Crippen molar-refractivity contribution in [1.82, 2.24) is 10.6 Å². The van der Waals surface area contributed by atoms with Gasteiger partial charge in [0, 0.05) is 15.6 Å². The molecule has 1 amide bonds. The average Bonchev–Trinajstić information content (AvgIpc) is 3.10. The topological polar surface area (TPSA) is 54.3 Å². The molecule has 26 heavy (non-hydrogen) atoms. The third-order valence-corrected chi connectivity index (χ3v) is 4.61. The van der Waals surface area contributed by atoms with Crippen LogP contribution in [0.1, 0.15) is 21.7 Å². The second kappa shape index (κ2) is 8.29. The summed E-state index contributed by atoms with van der Waals surface area (Å²) in [6.07, 6.45) is 0. The molecule has 2 aromatic carbocycles. The van der Waals surface area contributed by atoms with E-state index in [2.05, 4.69) is 26.6 Å². The van der Waals surface area contributed by atoms with Crippen molar-refractivity contribution in [3.8, 4) is 11.3 Å². The van der Waals surface area contributed by atoms with Gasteiger partial charge in [-0.25, -0.2) is 0 Å². The van der Waals surface area contributed by atoms with Crippen LogP contribution in [0.4, 0.5) is 0 Å². The Morgan fingerprint density at radius 1 is 1.08 bits per heavy atom. The van der Waals surface area contributed by atoms with Crippen LogP contribution in [0, 0.1) is 6.92 Å². The monoisotopic (exact) mass is 428 g/mol. The molecule has 132 valence electrons. The molecule has 0 aliphatic carbocycles. The second-order valence-corrected chi connectivity index (χ2v) is 7.05. The zero-order valence-electron chi connectivity index (χ0n) is 14.1. The van der Waals surface area contributed by atoms with Gasteiger partial charge in [-0.3, -0.25) is 10.1 Å². The Bertz CT molecular complexity index is 935. The highest BCUT2D eigenvalue weighted by molar-refractivity contribution is 9.10. The van der Waals surface area contributed by atoms with Gasteiger partial charge in [0.2, 0.25) is 0 Å². The molecule has 4 nitrogen and oxygen atoms in total. The van der Waals surface area contributed by atoms with E-state index in [9.17, 15) is 4.79 Å². The van der Waals surface area contributed by atoms with Crippen molar-refractivity contribution >= 4 is 39.2 Å². The van der Waals surface area contributed by atoms with E-state index >= 15 is 0 Å².